The molecule has 0 radical (unpaired) electrons. The van der Waals surface area contributed by atoms with Crippen molar-refractivity contribution >= 4 is 23.2 Å². The first kappa shape index (κ1) is 13.2. The van der Waals surface area contributed by atoms with Gasteiger partial charge in [-0.2, -0.15) is 4.40 Å². The molecule has 1 N–H and O–H groups in total. The van der Waals surface area contributed by atoms with Crippen molar-refractivity contribution in [2.75, 3.05) is 0 Å². The Balaban J connectivity index is 1.94. The summed E-state index contributed by atoms with van der Waals surface area (Å²) in [7, 11) is -1.50. The number of carbonyl (C=O) groups is 1. The van der Waals surface area contributed by atoms with Gasteiger partial charge in [-0.25, -0.2) is 4.21 Å². The van der Waals surface area contributed by atoms with Crippen molar-refractivity contribution in [1.82, 2.24) is 5.32 Å². The minimum Gasteiger partial charge on any atom is -0.312 e. The maximum atomic E-state index is 11.7. The lowest BCUT2D eigenvalue weighted by atomic mass is 10.2. The molecule has 19 heavy (non-hydrogen) atoms. The van der Waals surface area contributed by atoms with Gasteiger partial charge in [-0.05, 0) is 24.3 Å². The van der Waals surface area contributed by atoms with E-state index in [2.05, 4.69) is 9.71 Å². The lowest BCUT2D eigenvalue weighted by Gasteiger charge is -1.99. The first-order valence-corrected chi connectivity index (χ1v) is 6.73. The Labute approximate surface area is 113 Å². The van der Waals surface area contributed by atoms with E-state index in [0.717, 1.165) is 0 Å². The minimum absolute atomic E-state index is 0.283. The van der Waals surface area contributed by atoms with E-state index in [1.807, 2.05) is 12.1 Å². The molecule has 0 heterocycles. The second-order valence-electron chi connectivity index (χ2n) is 3.64. The molecule has 0 saturated carbocycles. The van der Waals surface area contributed by atoms with Crippen molar-refractivity contribution in [2.45, 2.75) is 4.90 Å². The summed E-state index contributed by atoms with van der Waals surface area (Å²) in [5, 5.41) is 2.48. The molecule has 1 unspecified atom stereocenters. The summed E-state index contributed by atoms with van der Waals surface area (Å²) >= 11 is 0. The number of nitrogens with one attached hydrogen (secondary N) is 1. The van der Waals surface area contributed by atoms with Gasteiger partial charge in [-0.15, -0.1) is 0 Å². The molecule has 0 spiro atoms. The standard InChI is InChI=1S/C14H12N2O2S/c17-14(12-7-3-1-4-8-12)15-11-16-19(18)13-9-5-2-6-10-13/h1-11H,(H,15,16,17). The quantitative estimate of drug-likeness (QED) is 0.685. The Morgan fingerprint density at radius 2 is 1.58 bits per heavy atom. The average Bonchev–Trinajstić information content (AvgIpc) is 2.49. The van der Waals surface area contributed by atoms with Crippen molar-refractivity contribution < 1.29 is 9.00 Å². The molecule has 0 saturated heterocycles. The maximum absolute atomic E-state index is 11.7. The van der Waals surface area contributed by atoms with Gasteiger partial charge in [0.05, 0.1) is 4.90 Å². The molecule has 0 aliphatic carbocycles. The highest BCUT2D eigenvalue weighted by molar-refractivity contribution is 7.83. The predicted octanol–water partition coefficient (Wildman–Crippen LogP) is 2.17. The molecule has 2 aromatic carbocycles. The maximum Gasteiger partial charge on any atom is 0.256 e. The number of nitrogens with zero attached hydrogens (tertiary/aromatic N) is 1. The Morgan fingerprint density at radius 1 is 1.00 bits per heavy atom. The number of amides is 1. The van der Waals surface area contributed by atoms with Crippen LogP contribution >= 0.6 is 0 Å². The van der Waals surface area contributed by atoms with Crippen molar-refractivity contribution in [2.24, 2.45) is 4.40 Å². The van der Waals surface area contributed by atoms with Gasteiger partial charge in [0, 0.05) is 5.56 Å². The van der Waals surface area contributed by atoms with Crippen LogP contribution in [0.5, 0.6) is 0 Å². The van der Waals surface area contributed by atoms with E-state index < -0.39 is 11.0 Å². The van der Waals surface area contributed by atoms with Crippen molar-refractivity contribution in [3.8, 4) is 0 Å². The second kappa shape index (κ2) is 6.61. The number of rotatable bonds is 4. The van der Waals surface area contributed by atoms with Crippen LogP contribution in [0.1, 0.15) is 10.4 Å². The Kier molecular flexibility index (Phi) is 4.58. The normalized spacial score (nSPS) is 12.2. The van der Waals surface area contributed by atoms with Crippen molar-refractivity contribution in [3.05, 3.63) is 66.2 Å². The Bertz CT molecular complexity index is 597. The highest BCUT2D eigenvalue weighted by atomic mass is 32.2. The largest absolute Gasteiger partial charge is 0.312 e. The fraction of sp³-hybridized carbons (Fsp3) is 0. The summed E-state index contributed by atoms with van der Waals surface area (Å²) in [6, 6.07) is 17.6. The smallest absolute Gasteiger partial charge is 0.256 e. The second-order valence-corrected chi connectivity index (χ2v) is 4.82. The third-order valence-electron chi connectivity index (χ3n) is 2.32. The molecular weight excluding hydrogens is 260 g/mol. The highest BCUT2D eigenvalue weighted by Gasteiger charge is 2.02. The monoisotopic (exact) mass is 272 g/mol. The Morgan fingerprint density at radius 3 is 2.21 bits per heavy atom. The minimum atomic E-state index is -1.50. The molecule has 0 aromatic heterocycles. The lowest BCUT2D eigenvalue weighted by molar-refractivity contribution is 0.0978. The summed E-state index contributed by atoms with van der Waals surface area (Å²) in [6.07, 6.45) is 1.17. The number of hydrogen-bond acceptors (Lipinski definition) is 2. The molecule has 4 nitrogen and oxygen atoms in total. The van der Waals surface area contributed by atoms with E-state index in [-0.39, 0.29) is 5.91 Å². The van der Waals surface area contributed by atoms with Gasteiger partial charge >= 0.3 is 0 Å². The summed E-state index contributed by atoms with van der Waals surface area (Å²) in [5.41, 5.74) is 0.527. The Hall–Kier alpha value is -2.27. The summed E-state index contributed by atoms with van der Waals surface area (Å²) < 4.78 is 15.5. The van der Waals surface area contributed by atoms with Crippen LogP contribution in [0.4, 0.5) is 0 Å². The van der Waals surface area contributed by atoms with Crippen LogP contribution in [-0.2, 0) is 11.0 Å². The van der Waals surface area contributed by atoms with E-state index >= 15 is 0 Å². The van der Waals surface area contributed by atoms with Crippen molar-refractivity contribution in [3.63, 3.8) is 0 Å². The van der Waals surface area contributed by atoms with E-state index in [0.29, 0.717) is 10.5 Å². The summed E-state index contributed by atoms with van der Waals surface area (Å²) in [5.74, 6) is -0.283. The van der Waals surface area contributed by atoms with Gasteiger partial charge in [-0.1, -0.05) is 36.4 Å². The molecule has 0 bridgehead atoms. The zero-order chi connectivity index (χ0) is 13.5. The van der Waals surface area contributed by atoms with Crippen LogP contribution in [0.25, 0.3) is 0 Å². The molecule has 96 valence electrons. The number of benzene rings is 2. The third-order valence-corrected chi connectivity index (χ3v) is 3.30. The molecule has 1 atom stereocenters. The first-order valence-electron chi connectivity index (χ1n) is 5.63. The number of carbonyl (C=O) groups excluding carboxylic acids is 1. The third kappa shape index (κ3) is 3.86. The average molecular weight is 272 g/mol. The molecular formula is C14H12N2O2S. The van der Waals surface area contributed by atoms with Gasteiger partial charge in [0.25, 0.3) is 5.91 Å². The molecule has 0 aliphatic heterocycles. The van der Waals surface area contributed by atoms with Crippen LogP contribution in [-0.4, -0.2) is 16.5 Å². The molecule has 1 amide bonds. The van der Waals surface area contributed by atoms with Crippen LogP contribution in [0.15, 0.2) is 70.0 Å². The molecule has 2 aromatic rings. The van der Waals surface area contributed by atoms with Gasteiger partial charge < -0.3 is 5.32 Å². The topological polar surface area (TPSA) is 58.5 Å². The van der Waals surface area contributed by atoms with Gasteiger partial charge in [-0.3, -0.25) is 4.79 Å². The van der Waals surface area contributed by atoms with E-state index in [4.69, 9.17) is 0 Å². The van der Waals surface area contributed by atoms with E-state index in [1.165, 1.54) is 6.34 Å². The van der Waals surface area contributed by atoms with Gasteiger partial charge in [0.1, 0.15) is 6.34 Å². The van der Waals surface area contributed by atoms with Crippen LogP contribution in [0, 0.1) is 0 Å². The molecule has 2 rings (SSSR count). The molecule has 0 aliphatic rings. The molecule has 0 fully saturated rings. The zero-order valence-electron chi connectivity index (χ0n) is 10.0. The van der Waals surface area contributed by atoms with Crippen molar-refractivity contribution in [1.29, 1.82) is 0 Å². The fourth-order valence-corrected chi connectivity index (χ4v) is 2.06. The van der Waals surface area contributed by atoms with Crippen LogP contribution in [0.2, 0.25) is 0 Å². The van der Waals surface area contributed by atoms with E-state index in [9.17, 15) is 9.00 Å². The lowest BCUT2D eigenvalue weighted by Crippen LogP contribution is -2.21. The zero-order valence-corrected chi connectivity index (χ0v) is 10.8. The number of hydrogen-bond donors (Lipinski definition) is 1. The summed E-state index contributed by atoms with van der Waals surface area (Å²) in [4.78, 5) is 12.3. The molecule has 5 heteroatoms. The first-order chi connectivity index (χ1) is 9.27. The highest BCUT2D eigenvalue weighted by Crippen LogP contribution is 2.05. The van der Waals surface area contributed by atoms with Gasteiger partial charge in [0.2, 0.25) is 0 Å². The van der Waals surface area contributed by atoms with E-state index in [1.54, 1.807) is 48.5 Å². The predicted molar refractivity (Wildman–Crippen MR) is 75.3 cm³/mol. The SMILES string of the molecule is O=C(NC=NS(=O)c1ccccc1)c1ccccc1. The van der Waals surface area contributed by atoms with Gasteiger partial charge in [0.15, 0.2) is 11.0 Å². The van der Waals surface area contributed by atoms with Crippen LogP contribution < -0.4 is 5.32 Å². The summed E-state index contributed by atoms with van der Waals surface area (Å²) in [6.45, 7) is 0. The van der Waals surface area contributed by atoms with Crippen LogP contribution in [0.3, 0.4) is 0 Å². The fourth-order valence-electron chi connectivity index (χ4n) is 1.40.